The summed E-state index contributed by atoms with van der Waals surface area (Å²) >= 11 is 0. The highest BCUT2D eigenvalue weighted by molar-refractivity contribution is 5.84. The third-order valence-electron chi connectivity index (χ3n) is 2.33. The summed E-state index contributed by atoms with van der Waals surface area (Å²) in [5, 5.41) is 11.5. The van der Waals surface area contributed by atoms with Gasteiger partial charge in [-0.3, -0.25) is 4.79 Å². The molecule has 1 aromatic carbocycles. The molecule has 0 atom stereocenters. The van der Waals surface area contributed by atoms with E-state index in [1.165, 1.54) is 4.57 Å². The molecule has 0 aliphatic rings. The number of nitrogens with zero attached hydrogens (tertiary/aromatic N) is 4. The number of nitriles is 1. The standard InChI is InChI=1S/C11H8N4O2/c12-5-11-14-9-3-1-2-4-10(9)15(11)7-8(16)6-13-17/h1-4H,6-7H2. The van der Waals surface area contributed by atoms with Gasteiger partial charge in [0.1, 0.15) is 12.6 Å². The Bertz CT molecular complexity index is 624. The van der Waals surface area contributed by atoms with Crippen LogP contribution in [-0.2, 0) is 11.3 Å². The van der Waals surface area contributed by atoms with Crippen molar-refractivity contribution in [2.45, 2.75) is 6.54 Å². The number of rotatable bonds is 4. The van der Waals surface area contributed by atoms with Crippen molar-refractivity contribution in [3.8, 4) is 6.07 Å². The second-order valence-electron chi connectivity index (χ2n) is 3.45. The lowest BCUT2D eigenvalue weighted by Gasteiger charge is -2.02. The number of para-hydroxylation sites is 2. The van der Waals surface area contributed by atoms with Gasteiger partial charge in [0.15, 0.2) is 5.78 Å². The normalized spacial score (nSPS) is 10.1. The SMILES string of the molecule is N#Cc1nc2ccccc2n1CC(=O)CN=O. The number of ketones is 1. The highest BCUT2D eigenvalue weighted by atomic mass is 16.3. The van der Waals surface area contributed by atoms with E-state index in [0.29, 0.717) is 11.0 Å². The van der Waals surface area contributed by atoms with E-state index in [1.807, 2.05) is 6.07 Å². The maximum atomic E-state index is 11.4. The summed E-state index contributed by atoms with van der Waals surface area (Å²) in [6, 6.07) is 9.05. The number of aromatic nitrogens is 2. The van der Waals surface area contributed by atoms with Gasteiger partial charge in [0.05, 0.1) is 17.6 Å². The zero-order chi connectivity index (χ0) is 12.3. The van der Waals surface area contributed by atoms with Crippen molar-refractivity contribution in [2.75, 3.05) is 6.54 Å². The molecule has 0 saturated carbocycles. The molecule has 0 bridgehead atoms. The first-order chi connectivity index (χ1) is 8.26. The fraction of sp³-hybridized carbons (Fsp3) is 0.182. The molecule has 2 rings (SSSR count). The van der Waals surface area contributed by atoms with Crippen LogP contribution in [0.15, 0.2) is 29.4 Å². The highest BCUT2D eigenvalue weighted by Gasteiger charge is 2.12. The fourth-order valence-electron chi connectivity index (χ4n) is 1.62. The lowest BCUT2D eigenvalue weighted by Crippen LogP contribution is -2.13. The van der Waals surface area contributed by atoms with Crippen LogP contribution in [0.25, 0.3) is 11.0 Å². The average molecular weight is 228 g/mol. The Balaban J connectivity index is 2.47. The Morgan fingerprint density at radius 2 is 2.24 bits per heavy atom. The summed E-state index contributed by atoms with van der Waals surface area (Å²) in [6.07, 6.45) is 0. The van der Waals surface area contributed by atoms with Crippen molar-refractivity contribution in [2.24, 2.45) is 5.18 Å². The molecule has 2 aromatic rings. The maximum absolute atomic E-state index is 11.4. The van der Waals surface area contributed by atoms with Crippen LogP contribution in [0.4, 0.5) is 0 Å². The van der Waals surface area contributed by atoms with Crippen LogP contribution < -0.4 is 0 Å². The Kier molecular flexibility index (Phi) is 2.92. The first kappa shape index (κ1) is 11.0. The third kappa shape index (κ3) is 2.03. The molecule has 0 amide bonds. The zero-order valence-electron chi connectivity index (χ0n) is 8.83. The van der Waals surface area contributed by atoms with Gasteiger partial charge in [0.2, 0.25) is 5.82 Å². The van der Waals surface area contributed by atoms with Gasteiger partial charge in [-0.25, -0.2) is 4.98 Å². The van der Waals surface area contributed by atoms with Crippen LogP contribution >= 0.6 is 0 Å². The lowest BCUT2D eigenvalue weighted by atomic mass is 10.3. The quantitative estimate of drug-likeness (QED) is 0.736. The van der Waals surface area contributed by atoms with Crippen molar-refractivity contribution in [3.63, 3.8) is 0 Å². The van der Waals surface area contributed by atoms with Gasteiger partial charge >= 0.3 is 0 Å². The molecule has 0 N–H and O–H groups in total. The number of fused-ring (bicyclic) bond motifs is 1. The lowest BCUT2D eigenvalue weighted by molar-refractivity contribution is -0.118. The van der Waals surface area contributed by atoms with Gasteiger partial charge in [-0.1, -0.05) is 17.3 Å². The smallest absolute Gasteiger partial charge is 0.214 e. The molecule has 6 heteroatoms. The van der Waals surface area contributed by atoms with E-state index >= 15 is 0 Å². The van der Waals surface area contributed by atoms with Gasteiger partial charge < -0.3 is 4.57 Å². The molecule has 1 aromatic heterocycles. The maximum Gasteiger partial charge on any atom is 0.214 e. The molecule has 17 heavy (non-hydrogen) atoms. The van der Waals surface area contributed by atoms with E-state index in [9.17, 15) is 9.70 Å². The highest BCUT2D eigenvalue weighted by Crippen LogP contribution is 2.15. The topological polar surface area (TPSA) is 88.1 Å². The van der Waals surface area contributed by atoms with Gasteiger partial charge in [-0.15, -0.1) is 0 Å². The predicted octanol–water partition coefficient (Wildman–Crippen LogP) is 1.24. The van der Waals surface area contributed by atoms with Crippen molar-refractivity contribution >= 4 is 16.8 Å². The summed E-state index contributed by atoms with van der Waals surface area (Å²) in [6.45, 7) is -0.452. The van der Waals surface area contributed by atoms with Crippen molar-refractivity contribution in [1.29, 1.82) is 5.26 Å². The molecule has 6 nitrogen and oxygen atoms in total. The largest absolute Gasteiger partial charge is 0.308 e. The average Bonchev–Trinajstić information content (AvgIpc) is 2.68. The van der Waals surface area contributed by atoms with Gasteiger partial charge in [-0.05, 0) is 12.1 Å². The summed E-state index contributed by atoms with van der Waals surface area (Å²) in [5.41, 5.74) is 1.35. The van der Waals surface area contributed by atoms with Gasteiger partial charge in [0.25, 0.3) is 0 Å². The van der Waals surface area contributed by atoms with Crippen molar-refractivity contribution in [1.82, 2.24) is 9.55 Å². The molecule has 0 saturated heterocycles. The van der Waals surface area contributed by atoms with E-state index in [0.717, 1.165) is 0 Å². The minimum atomic E-state index is -0.391. The van der Waals surface area contributed by atoms with E-state index in [-0.39, 0.29) is 18.2 Å². The van der Waals surface area contributed by atoms with E-state index in [1.54, 1.807) is 24.3 Å². The van der Waals surface area contributed by atoms with Crippen LogP contribution in [0.2, 0.25) is 0 Å². The molecule has 84 valence electrons. The van der Waals surface area contributed by atoms with Crippen LogP contribution in [0, 0.1) is 16.2 Å². The Morgan fingerprint density at radius 1 is 1.47 bits per heavy atom. The van der Waals surface area contributed by atoms with Crippen LogP contribution in [0.5, 0.6) is 0 Å². The van der Waals surface area contributed by atoms with E-state index in [4.69, 9.17) is 5.26 Å². The number of nitroso groups, excluding NO2 is 1. The first-order valence-electron chi connectivity index (χ1n) is 4.92. The molecule has 0 aliphatic carbocycles. The molecule has 0 radical (unpaired) electrons. The van der Waals surface area contributed by atoms with E-state index in [2.05, 4.69) is 10.2 Å². The van der Waals surface area contributed by atoms with Gasteiger partial charge in [0, 0.05) is 0 Å². The number of hydrogen-bond donors (Lipinski definition) is 0. The predicted molar refractivity (Wildman–Crippen MR) is 60.1 cm³/mol. The van der Waals surface area contributed by atoms with Crippen LogP contribution in [0.3, 0.4) is 0 Å². The molecule has 0 aliphatic heterocycles. The molecular weight excluding hydrogens is 220 g/mol. The number of hydrogen-bond acceptors (Lipinski definition) is 5. The third-order valence-corrected chi connectivity index (χ3v) is 2.33. The molecule has 0 spiro atoms. The Labute approximate surface area is 96.5 Å². The summed E-state index contributed by atoms with van der Waals surface area (Å²) in [4.78, 5) is 25.5. The minimum Gasteiger partial charge on any atom is -0.308 e. The summed E-state index contributed by atoms with van der Waals surface area (Å²) in [5.74, 6) is -0.190. The van der Waals surface area contributed by atoms with Crippen LogP contribution in [0.1, 0.15) is 5.82 Å². The van der Waals surface area contributed by atoms with E-state index < -0.39 is 6.54 Å². The fourth-order valence-corrected chi connectivity index (χ4v) is 1.62. The minimum absolute atomic E-state index is 0.0604. The Hall–Kier alpha value is -2.55. The number of imidazole rings is 1. The van der Waals surface area contributed by atoms with Gasteiger partial charge in [-0.2, -0.15) is 10.2 Å². The molecule has 0 unspecified atom stereocenters. The number of Topliss-reactive ketones (excluding diaryl/α,β-unsaturated/α-hetero) is 1. The Morgan fingerprint density at radius 3 is 2.94 bits per heavy atom. The van der Waals surface area contributed by atoms with Crippen LogP contribution in [-0.4, -0.2) is 21.9 Å². The number of carbonyl (C=O) groups excluding carboxylic acids is 1. The molecule has 1 heterocycles. The first-order valence-corrected chi connectivity index (χ1v) is 4.92. The monoisotopic (exact) mass is 228 g/mol. The molecule has 0 fully saturated rings. The van der Waals surface area contributed by atoms with Crippen molar-refractivity contribution in [3.05, 3.63) is 35.0 Å². The second kappa shape index (κ2) is 4.53. The number of carbonyl (C=O) groups is 1. The number of benzene rings is 1. The van der Waals surface area contributed by atoms with Crippen molar-refractivity contribution < 1.29 is 4.79 Å². The summed E-state index contributed by atoms with van der Waals surface area (Å²) in [7, 11) is 0. The summed E-state index contributed by atoms with van der Waals surface area (Å²) < 4.78 is 1.49. The second-order valence-corrected chi connectivity index (χ2v) is 3.45. The molecular formula is C11H8N4O2. The zero-order valence-corrected chi connectivity index (χ0v) is 8.83.